The van der Waals surface area contributed by atoms with Gasteiger partial charge in [0.2, 0.25) is 17.5 Å². The van der Waals surface area contributed by atoms with Crippen molar-refractivity contribution >= 4 is 23.8 Å². The summed E-state index contributed by atoms with van der Waals surface area (Å²) in [6, 6.07) is 17.4. The Morgan fingerprint density at radius 2 is 1.92 bits per heavy atom. The van der Waals surface area contributed by atoms with Crippen LogP contribution in [0.25, 0.3) is 0 Å². The van der Waals surface area contributed by atoms with E-state index in [1.165, 1.54) is 6.92 Å². The maximum Gasteiger partial charge on any atom is 0.241 e. The largest absolute Gasteiger partial charge is 0.489 e. The number of ether oxygens (including phenoxy) is 1. The van der Waals surface area contributed by atoms with Crippen molar-refractivity contribution in [3.05, 3.63) is 65.7 Å². The number of anilines is 1. The first-order valence-electron chi connectivity index (χ1n) is 7.62. The number of aromatic nitrogens is 2. The van der Waals surface area contributed by atoms with Crippen LogP contribution in [-0.2, 0) is 11.4 Å². The van der Waals surface area contributed by atoms with Gasteiger partial charge < -0.3 is 10.1 Å². The molecule has 0 saturated heterocycles. The normalized spacial score (nSPS) is 10.8. The third-order valence-corrected chi connectivity index (χ3v) is 3.23. The molecular weight excluding hydrogens is 320 g/mol. The summed E-state index contributed by atoms with van der Waals surface area (Å²) in [7, 11) is 0. The second kappa shape index (κ2) is 7.87. The fourth-order valence-electron chi connectivity index (χ4n) is 2.04. The summed E-state index contributed by atoms with van der Waals surface area (Å²) in [6.07, 6.45) is 1.60. The van der Waals surface area contributed by atoms with E-state index in [9.17, 15) is 4.79 Å². The summed E-state index contributed by atoms with van der Waals surface area (Å²) < 4.78 is 10.3. The molecule has 1 heterocycles. The van der Waals surface area contributed by atoms with E-state index in [1.54, 1.807) is 6.21 Å². The molecule has 0 unspecified atom stereocenters. The van der Waals surface area contributed by atoms with E-state index in [-0.39, 0.29) is 17.5 Å². The van der Waals surface area contributed by atoms with Gasteiger partial charge in [0.05, 0.1) is 0 Å². The number of benzene rings is 2. The van der Waals surface area contributed by atoms with Crippen LogP contribution in [0.3, 0.4) is 0 Å². The fraction of sp³-hybridized carbons (Fsp3) is 0.111. The van der Waals surface area contributed by atoms with Crippen molar-refractivity contribution in [1.82, 2.24) is 10.3 Å². The van der Waals surface area contributed by atoms with Crippen LogP contribution in [0.5, 0.6) is 5.75 Å². The Morgan fingerprint density at radius 1 is 1.16 bits per heavy atom. The van der Waals surface area contributed by atoms with Crippen molar-refractivity contribution in [2.75, 3.05) is 5.32 Å². The van der Waals surface area contributed by atoms with Crippen molar-refractivity contribution in [1.29, 1.82) is 0 Å². The van der Waals surface area contributed by atoms with E-state index in [0.29, 0.717) is 6.61 Å². The Bertz CT molecular complexity index is 858. The van der Waals surface area contributed by atoms with Crippen LogP contribution in [0.15, 0.2) is 64.2 Å². The van der Waals surface area contributed by atoms with Gasteiger partial charge in [-0.25, -0.2) is 9.62 Å². The topological polar surface area (TPSA) is 89.6 Å². The molecule has 2 aromatic carbocycles. The summed E-state index contributed by atoms with van der Waals surface area (Å²) in [5.41, 5.74) is 1.96. The molecule has 0 atom stereocenters. The van der Waals surface area contributed by atoms with Gasteiger partial charge in [0, 0.05) is 13.1 Å². The minimum absolute atomic E-state index is 0.187. The third kappa shape index (κ3) is 4.74. The van der Waals surface area contributed by atoms with E-state index < -0.39 is 0 Å². The Kier molecular flexibility index (Phi) is 5.16. The Labute approximate surface area is 144 Å². The Hall–Kier alpha value is -3.48. The van der Waals surface area contributed by atoms with Crippen molar-refractivity contribution in [3.8, 4) is 5.75 Å². The lowest BCUT2D eigenvalue weighted by molar-refractivity contribution is -0.114. The maximum absolute atomic E-state index is 11.1. The molecular formula is C18H16N4O3. The highest BCUT2D eigenvalue weighted by molar-refractivity contribution is 5.91. The van der Waals surface area contributed by atoms with Crippen LogP contribution < -0.4 is 10.1 Å². The average molecular weight is 336 g/mol. The van der Waals surface area contributed by atoms with Crippen LogP contribution in [0, 0.1) is 0 Å². The number of carbonyl (C=O) groups excluding carboxylic acids is 1. The molecule has 1 amide bonds. The van der Waals surface area contributed by atoms with Gasteiger partial charge in [-0.05, 0) is 45.7 Å². The number of nitrogens with zero attached hydrogens (tertiary/aromatic N) is 3. The van der Waals surface area contributed by atoms with E-state index >= 15 is 0 Å². The number of aliphatic imine (C=N–C) groups is 1. The highest BCUT2D eigenvalue weighted by Crippen LogP contribution is 2.19. The van der Waals surface area contributed by atoms with Crippen molar-refractivity contribution in [2.24, 2.45) is 4.99 Å². The average Bonchev–Trinajstić information content (AvgIpc) is 3.06. The molecule has 0 saturated carbocycles. The molecule has 1 N–H and O–H groups in total. The number of carbonyl (C=O) groups is 1. The van der Waals surface area contributed by atoms with Crippen molar-refractivity contribution in [3.63, 3.8) is 0 Å². The van der Waals surface area contributed by atoms with Crippen LogP contribution in [0.2, 0.25) is 0 Å². The fourth-order valence-corrected chi connectivity index (χ4v) is 2.04. The number of hydrogen-bond acceptors (Lipinski definition) is 6. The van der Waals surface area contributed by atoms with Gasteiger partial charge in [0.15, 0.2) is 0 Å². The summed E-state index contributed by atoms with van der Waals surface area (Å²) in [5, 5.41) is 9.72. The second-order valence-corrected chi connectivity index (χ2v) is 5.22. The summed E-state index contributed by atoms with van der Waals surface area (Å²) in [4.78, 5) is 15.2. The quantitative estimate of drug-likeness (QED) is 0.697. The van der Waals surface area contributed by atoms with Gasteiger partial charge >= 0.3 is 0 Å². The molecule has 0 spiro atoms. The molecule has 0 bridgehead atoms. The monoisotopic (exact) mass is 336 g/mol. The minimum Gasteiger partial charge on any atom is -0.489 e. The lowest BCUT2D eigenvalue weighted by Gasteiger charge is -2.06. The molecule has 126 valence electrons. The minimum atomic E-state index is -0.271. The van der Waals surface area contributed by atoms with Crippen molar-refractivity contribution in [2.45, 2.75) is 13.5 Å². The number of amides is 1. The summed E-state index contributed by atoms with van der Waals surface area (Å²) in [6.45, 7) is 1.88. The first kappa shape index (κ1) is 16.4. The molecule has 1 aromatic heterocycles. The zero-order valence-electron chi connectivity index (χ0n) is 13.5. The molecule has 0 radical (unpaired) electrons. The predicted molar refractivity (Wildman–Crippen MR) is 93.1 cm³/mol. The first-order valence-corrected chi connectivity index (χ1v) is 7.62. The second-order valence-electron chi connectivity index (χ2n) is 5.22. The van der Waals surface area contributed by atoms with Crippen molar-refractivity contribution < 1.29 is 14.2 Å². The Balaban J connectivity index is 1.61. The number of hydrogen-bond donors (Lipinski definition) is 1. The standard InChI is InChI=1S/C18H16N4O3/c1-13(23)20-18-17(21-25-22-18)19-11-14-7-9-16(10-8-14)24-12-15-5-3-2-4-6-15/h2-11H,12H2,1H3,(H,20,22,23). The lowest BCUT2D eigenvalue weighted by atomic mass is 10.2. The SMILES string of the molecule is CC(=O)Nc1nonc1N=Cc1ccc(OCc2ccccc2)cc1. The van der Waals surface area contributed by atoms with Gasteiger partial charge in [0.1, 0.15) is 12.4 Å². The molecule has 7 heteroatoms. The highest BCUT2D eigenvalue weighted by Gasteiger charge is 2.09. The van der Waals surface area contributed by atoms with E-state index in [2.05, 4.69) is 25.3 Å². The van der Waals surface area contributed by atoms with Crippen LogP contribution in [0.1, 0.15) is 18.1 Å². The molecule has 0 aliphatic rings. The molecule has 3 aromatic rings. The number of rotatable bonds is 6. The van der Waals surface area contributed by atoms with Gasteiger partial charge in [-0.2, -0.15) is 0 Å². The molecule has 3 rings (SSSR count). The van der Waals surface area contributed by atoms with Gasteiger partial charge in [0.25, 0.3) is 0 Å². The summed E-state index contributed by atoms with van der Waals surface area (Å²) in [5.74, 6) is 0.890. The number of nitrogens with one attached hydrogen (secondary N) is 1. The smallest absolute Gasteiger partial charge is 0.241 e. The zero-order valence-corrected chi connectivity index (χ0v) is 13.5. The zero-order chi connectivity index (χ0) is 17.5. The van der Waals surface area contributed by atoms with Crippen LogP contribution in [0.4, 0.5) is 11.6 Å². The van der Waals surface area contributed by atoms with Gasteiger partial charge in [-0.3, -0.25) is 4.79 Å². The van der Waals surface area contributed by atoms with Crippen LogP contribution in [-0.4, -0.2) is 22.4 Å². The summed E-state index contributed by atoms with van der Waals surface area (Å²) >= 11 is 0. The molecule has 0 aliphatic heterocycles. The van der Waals surface area contributed by atoms with E-state index in [4.69, 9.17) is 4.74 Å². The lowest BCUT2D eigenvalue weighted by Crippen LogP contribution is -2.05. The Morgan fingerprint density at radius 3 is 2.64 bits per heavy atom. The van der Waals surface area contributed by atoms with E-state index in [0.717, 1.165) is 16.9 Å². The van der Waals surface area contributed by atoms with Gasteiger partial charge in [-0.1, -0.05) is 30.3 Å². The molecule has 7 nitrogen and oxygen atoms in total. The molecule has 25 heavy (non-hydrogen) atoms. The molecule has 0 aliphatic carbocycles. The predicted octanol–water partition coefficient (Wildman–Crippen LogP) is 3.36. The maximum atomic E-state index is 11.1. The van der Waals surface area contributed by atoms with Crippen LogP contribution >= 0.6 is 0 Å². The molecule has 0 fully saturated rings. The first-order chi connectivity index (χ1) is 12.2. The highest BCUT2D eigenvalue weighted by atomic mass is 16.6. The van der Waals surface area contributed by atoms with E-state index in [1.807, 2.05) is 54.6 Å². The van der Waals surface area contributed by atoms with Gasteiger partial charge in [-0.15, -0.1) is 0 Å². The third-order valence-electron chi connectivity index (χ3n) is 3.23.